The topological polar surface area (TPSA) is 92.8 Å². The van der Waals surface area contributed by atoms with Crippen LogP contribution in [0.25, 0.3) is 22.0 Å². The van der Waals surface area contributed by atoms with Gasteiger partial charge in [0.15, 0.2) is 11.5 Å². The van der Waals surface area contributed by atoms with Crippen LogP contribution in [0.1, 0.15) is 26.4 Å². The fourth-order valence-corrected chi connectivity index (χ4v) is 4.35. The maximum atomic E-state index is 13.2. The van der Waals surface area contributed by atoms with Crippen molar-refractivity contribution in [2.75, 3.05) is 7.11 Å². The molecule has 0 aliphatic heterocycles. The summed E-state index contributed by atoms with van der Waals surface area (Å²) in [6, 6.07) is 26.3. The second-order valence-electron chi connectivity index (χ2n) is 8.44. The average Bonchev–Trinajstić information content (AvgIpc) is 3.33. The van der Waals surface area contributed by atoms with E-state index in [-0.39, 0.29) is 5.75 Å². The molecule has 0 spiro atoms. The van der Waals surface area contributed by atoms with Gasteiger partial charge in [-0.2, -0.15) is 5.10 Å². The van der Waals surface area contributed by atoms with Crippen LogP contribution < -0.4 is 14.9 Å². The number of ether oxygens (including phenoxy) is 2. The van der Waals surface area contributed by atoms with E-state index in [1.54, 1.807) is 48.5 Å². The fraction of sp³-hybridized carbons (Fsp3) is 0.0333. The predicted octanol–water partition coefficient (Wildman–Crippen LogP) is 7.13. The van der Waals surface area contributed by atoms with E-state index in [1.807, 2.05) is 42.5 Å². The minimum Gasteiger partial charge on any atom is -0.493 e. The Morgan fingerprint density at radius 1 is 0.872 bits per heavy atom. The van der Waals surface area contributed by atoms with Gasteiger partial charge in [-0.15, -0.1) is 0 Å². The molecule has 7 nitrogen and oxygen atoms in total. The largest absolute Gasteiger partial charge is 0.493 e. The first-order valence-corrected chi connectivity index (χ1v) is 12.5. The van der Waals surface area contributed by atoms with E-state index in [4.69, 9.17) is 32.7 Å². The van der Waals surface area contributed by atoms with Crippen LogP contribution in [-0.2, 0) is 0 Å². The predicted molar refractivity (Wildman–Crippen MR) is 153 cm³/mol. The van der Waals surface area contributed by atoms with Crippen molar-refractivity contribution < 1.29 is 19.1 Å². The molecule has 0 aliphatic carbocycles. The number of methoxy groups -OCH3 is 1. The Kier molecular flexibility index (Phi) is 7.63. The normalized spacial score (nSPS) is 11.1. The standard InChI is InChI=1S/C30H21Cl2N3O4/c1-38-26-15-18(7-14-25(26)39-30(37)20-8-10-21(31)11-9-20)17-33-35-29(36)28-27(19-5-3-2-4-6-19)23-16-22(32)12-13-24(23)34-28/h2-17,34H,1H3,(H,35,36). The smallest absolute Gasteiger partial charge is 0.343 e. The Morgan fingerprint density at radius 3 is 2.36 bits per heavy atom. The van der Waals surface area contributed by atoms with E-state index in [0.29, 0.717) is 32.6 Å². The molecule has 0 aliphatic rings. The van der Waals surface area contributed by atoms with Crippen LogP contribution in [0.4, 0.5) is 0 Å². The average molecular weight is 558 g/mol. The molecular weight excluding hydrogens is 537 g/mol. The number of carbonyl (C=O) groups excluding carboxylic acids is 2. The number of fused-ring (bicyclic) bond motifs is 1. The van der Waals surface area contributed by atoms with Gasteiger partial charge in [0.1, 0.15) is 5.69 Å². The van der Waals surface area contributed by atoms with Gasteiger partial charge in [-0.1, -0.05) is 53.5 Å². The summed E-state index contributed by atoms with van der Waals surface area (Å²) in [6.45, 7) is 0. The first kappa shape index (κ1) is 26.0. The third-order valence-corrected chi connectivity index (χ3v) is 6.39. The van der Waals surface area contributed by atoms with Crippen molar-refractivity contribution in [1.29, 1.82) is 0 Å². The molecule has 0 radical (unpaired) electrons. The van der Waals surface area contributed by atoms with Crippen molar-refractivity contribution in [1.82, 2.24) is 10.4 Å². The number of carbonyl (C=O) groups is 2. The molecule has 5 rings (SSSR count). The third kappa shape index (κ3) is 5.80. The Morgan fingerprint density at radius 2 is 1.62 bits per heavy atom. The number of nitrogens with one attached hydrogen (secondary N) is 2. The molecule has 1 aromatic heterocycles. The van der Waals surface area contributed by atoms with E-state index in [9.17, 15) is 9.59 Å². The summed E-state index contributed by atoms with van der Waals surface area (Å²) < 4.78 is 10.9. The summed E-state index contributed by atoms with van der Waals surface area (Å²) in [5.41, 5.74) is 6.28. The number of aromatic amines is 1. The lowest BCUT2D eigenvalue weighted by Gasteiger charge is -2.10. The van der Waals surface area contributed by atoms with Crippen molar-refractivity contribution in [3.05, 3.63) is 118 Å². The zero-order chi connectivity index (χ0) is 27.4. The monoisotopic (exact) mass is 557 g/mol. The van der Waals surface area contributed by atoms with Crippen molar-refractivity contribution >= 4 is 52.2 Å². The van der Waals surface area contributed by atoms with Gasteiger partial charge < -0.3 is 14.5 Å². The number of benzene rings is 4. The molecule has 39 heavy (non-hydrogen) atoms. The van der Waals surface area contributed by atoms with Crippen LogP contribution in [-0.4, -0.2) is 30.2 Å². The molecule has 2 N–H and O–H groups in total. The Labute approximate surface area is 234 Å². The van der Waals surface area contributed by atoms with Gasteiger partial charge in [0.2, 0.25) is 0 Å². The molecule has 9 heteroatoms. The lowest BCUT2D eigenvalue weighted by molar-refractivity contribution is 0.0729. The van der Waals surface area contributed by atoms with E-state index in [0.717, 1.165) is 22.0 Å². The van der Waals surface area contributed by atoms with E-state index in [1.165, 1.54) is 13.3 Å². The number of rotatable bonds is 7. The summed E-state index contributed by atoms with van der Waals surface area (Å²) in [5, 5.41) is 6.03. The molecule has 0 saturated heterocycles. The first-order chi connectivity index (χ1) is 18.9. The Bertz CT molecular complexity index is 1700. The van der Waals surface area contributed by atoms with Crippen molar-refractivity contribution in [3.8, 4) is 22.6 Å². The van der Waals surface area contributed by atoms with E-state index >= 15 is 0 Å². The third-order valence-electron chi connectivity index (χ3n) is 5.90. The summed E-state index contributed by atoms with van der Waals surface area (Å²) in [6.07, 6.45) is 1.47. The fourth-order valence-electron chi connectivity index (χ4n) is 4.05. The molecule has 194 valence electrons. The number of hydrogen-bond donors (Lipinski definition) is 2. The van der Waals surface area contributed by atoms with Crippen LogP contribution in [0.15, 0.2) is 96.1 Å². The van der Waals surface area contributed by atoms with Crippen LogP contribution in [0, 0.1) is 0 Å². The minimum absolute atomic E-state index is 0.239. The van der Waals surface area contributed by atoms with Crippen molar-refractivity contribution in [3.63, 3.8) is 0 Å². The first-order valence-electron chi connectivity index (χ1n) is 11.8. The second-order valence-corrected chi connectivity index (χ2v) is 9.31. The van der Waals surface area contributed by atoms with Crippen LogP contribution in [0.2, 0.25) is 10.0 Å². The number of esters is 1. The number of hydrogen-bond acceptors (Lipinski definition) is 5. The van der Waals surface area contributed by atoms with Gasteiger partial charge in [0, 0.05) is 26.5 Å². The summed E-state index contributed by atoms with van der Waals surface area (Å²) in [5.74, 6) is -0.403. The summed E-state index contributed by atoms with van der Waals surface area (Å²) in [7, 11) is 1.46. The van der Waals surface area contributed by atoms with Crippen LogP contribution in [0.5, 0.6) is 11.5 Å². The molecule has 0 bridgehead atoms. The van der Waals surface area contributed by atoms with Gasteiger partial charge in [-0.25, -0.2) is 10.2 Å². The molecule has 0 atom stereocenters. The van der Waals surface area contributed by atoms with Gasteiger partial charge in [-0.05, 0) is 71.8 Å². The zero-order valence-corrected chi connectivity index (χ0v) is 22.1. The highest BCUT2D eigenvalue weighted by Crippen LogP contribution is 2.34. The molecule has 4 aromatic carbocycles. The molecule has 0 saturated carbocycles. The molecule has 5 aromatic rings. The number of H-pyrrole nitrogens is 1. The number of nitrogens with zero attached hydrogens (tertiary/aromatic N) is 1. The number of aromatic nitrogens is 1. The van der Waals surface area contributed by atoms with Crippen LogP contribution in [0.3, 0.4) is 0 Å². The lowest BCUT2D eigenvalue weighted by atomic mass is 10.0. The Balaban J connectivity index is 1.34. The summed E-state index contributed by atoms with van der Waals surface area (Å²) >= 11 is 12.1. The zero-order valence-electron chi connectivity index (χ0n) is 20.6. The molecule has 1 heterocycles. The SMILES string of the molecule is COc1cc(C=NNC(=O)c2[nH]c3ccc(Cl)cc3c2-c2ccccc2)ccc1OC(=O)c1ccc(Cl)cc1. The maximum absolute atomic E-state index is 13.2. The Hall–Kier alpha value is -4.59. The van der Waals surface area contributed by atoms with E-state index < -0.39 is 11.9 Å². The second kappa shape index (κ2) is 11.4. The quantitative estimate of drug-likeness (QED) is 0.0962. The van der Waals surface area contributed by atoms with E-state index in [2.05, 4.69) is 15.5 Å². The highest BCUT2D eigenvalue weighted by atomic mass is 35.5. The minimum atomic E-state index is -0.549. The van der Waals surface area contributed by atoms with Gasteiger partial charge in [0.25, 0.3) is 5.91 Å². The number of amides is 1. The van der Waals surface area contributed by atoms with Gasteiger partial charge in [-0.3, -0.25) is 4.79 Å². The molecular formula is C30H21Cl2N3O4. The highest BCUT2D eigenvalue weighted by Gasteiger charge is 2.19. The number of halogens is 2. The van der Waals surface area contributed by atoms with Crippen LogP contribution >= 0.6 is 23.2 Å². The lowest BCUT2D eigenvalue weighted by Crippen LogP contribution is -2.18. The van der Waals surface area contributed by atoms with Crippen molar-refractivity contribution in [2.45, 2.75) is 0 Å². The highest BCUT2D eigenvalue weighted by molar-refractivity contribution is 6.31. The summed E-state index contributed by atoms with van der Waals surface area (Å²) in [4.78, 5) is 28.8. The molecule has 1 amide bonds. The molecule has 0 unspecified atom stereocenters. The maximum Gasteiger partial charge on any atom is 0.343 e. The number of hydrazone groups is 1. The van der Waals surface area contributed by atoms with Gasteiger partial charge >= 0.3 is 5.97 Å². The van der Waals surface area contributed by atoms with Crippen molar-refractivity contribution in [2.24, 2.45) is 5.10 Å². The van der Waals surface area contributed by atoms with Gasteiger partial charge in [0.05, 0.1) is 18.9 Å². The molecule has 0 fully saturated rings.